The van der Waals surface area contributed by atoms with Gasteiger partial charge in [-0.3, -0.25) is 9.89 Å². The first-order valence-corrected chi connectivity index (χ1v) is 11.4. The average molecular weight is 389 g/mol. The van der Waals surface area contributed by atoms with Crippen molar-refractivity contribution >= 4 is 27.1 Å². The first kappa shape index (κ1) is 20.2. The summed E-state index contributed by atoms with van der Waals surface area (Å²) in [5.41, 5.74) is 0. The number of rotatable bonds is 8. The molecule has 7 nitrogen and oxygen atoms in total. The lowest BCUT2D eigenvalue weighted by molar-refractivity contribution is 0.0177. The van der Waals surface area contributed by atoms with Gasteiger partial charge in [-0.15, -0.1) is 11.3 Å². The molecule has 0 aromatic carbocycles. The van der Waals surface area contributed by atoms with Crippen LogP contribution >= 0.6 is 11.3 Å². The highest BCUT2D eigenvalue weighted by Crippen LogP contribution is 2.25. The molecule has 1 aliphatic heterocycles. The molecule has 1 saturated heterocycles. The molecule has 1 fully saturated rings. The molecule has 1 unspecified atom stereocenters. The Morgan fingerprint density at radius 1 is 1.40 bits per heavy atom. The highest BCUT2D eigenvalue weighted by Gasteiger charge is 2.23. The van der Waals surface area contributed by atoms with Crippen LogP contribution in [0.5, 0.6) is 0 Å². The highest BCUT2D eigenvalue weighted by molar-refractivity contribution is 7.90. The summed E-state index contributed by atoms with van der Waals surface area (Å²) in [7, 11) is -1.19. The van der Waals surface area contributed by atoms with Gasteiger partial charge in [-0.2, -0.15) is 0 Å². The Kier molecular flexibility index (Phi) is 8.14. The Hall–Kier alpha value is -1.16. The normalized spacial score (nSPS) is 18.1. The SMILES string of the molecule is CN=C(NCCCS(C)(=O)=O)NCC(c1cccs1)N1CCOCC1. The average Bonchev–Trinajstić information content (AvgIpc) is 3.11. The third kappa shape index (κ3) is 7.31. The van der Waals surface area contributed by atoms with Crippen molar-refractivity contribution in [2.24, 2.45) is 4.99 Å². The molecular formula is C16H28N4O3S2. The van der Waals surface area contributed by atoms with Crippen LogP contribution in [0, 0.1) is 0 Å². The molecule has 0 saturated carbocycles. The van der Waals surface area contributed by atoms with Gasteiger partial charge < -0.3 is 15.4 Å². The van der Waals surface area contributed by atoms with Crippen molar-refractivity contribution < 1.29 is 13.2 Å². The molecule has 0 bridgehead atoms. The van der Waals surface area contributed by atoms with Crippen molar-refractivity contribution in [3.63, 3.8) is 0 Å². The van der Waals surface area contributed by atoms with E-state index in [-0.39, 0.29) is 11.8 Å². The quantitative estimate of drug-likeness (QED) is 0.388. The zero-order valence-electron chi connectivity index (χ0n) is 14.9. The fraction of sp³-hybridized carbons (Fsp3) is 0.688. The monoisotopic (exact) mass is 388 g/mol. The van der Waals surface area contributed by atoms with Crippen LogP contribution in [0.1, 0.15) is 17.3 Å². The fourth-order valence-electron chi connectivity index (χ4n) is 2.73. The molecule has 2 heterocycles. The van der Waals surface area contributed by atoms with Crippen LogP contribution in [-0.2, 0) is 14.6 Å². The lowest BCUT2D eigenvalue weighted by Crippen LogP contribution is -2.46. The molecule has 0 spiro atoms. The molecule has 2 rings (SSSR count). The summed E-state index contributed by atoms with van der Waals surface area (Å²) >= 11 is 1.76. The molecule has 0 radical (unpaired) electrons. The second-order valence-electron chi connectivity index (χ2n) is 6.04. The van der Waals surface area contributed by atoms with E-state index in [1.54, 1.807) is 18.4 Å². The molecule has 0 amide bonds. The minimum atomic E-state index is -2.92. The van der Waals surface area contributed by atoms with Crippen molar-refractivity contribution in [3.05, 3.63) is 22.4 Å². The number of sulfone groups is 1. The van der Waals surface area contributed by atoms with Crippen molar-refractivity contribution in [1.29, 1.82) is 0 Å². The van der Waals surface area contributed by atoms with Crippen molar-refractivity contribution in [3.8, 4) is 0 Å². The minimum absolute atomic E-state index is 0.183. The Labute approximate surface area is 154 Å². The van der Waals surface area contributed by atoms with Gasteiger partial charge in [-0.1, -0.05) is 6.07 Å². The highest BCUT2D eigenvalue weighted by atomic mass is 32.2. The number of ether oxygens (including phenoxy) is 1. The molecule has 1 aromatic heterocycles. The predicted octanol–water partition coefficient (Wildman–Crippen LogP) is 0.721. The van der Waals surface area contributed by atoms with Gasteiger partial charge in [0.1, 0.15) is 9.84 Å². The zero-order valence-corrected chi connectivity index (χ0v) is 16.5. The predicted molar refractivity (Wildman–Crippen MR) is 103 cm³/mol. The van der Waals surface area contributed by atoms with Gasteiger partial charge in [0.2, 0.25) is 0 Å². The molecule has 0 aliphatic carbocycles. The van der Waals surface area contributed by atoms with E-state index in [9.17, 15) is 8.42 Å². The molecule has 9 heteroatoms. The lowest BCUT2D eigenvalue weighted by Gasteiger charge is -2.34. The minimum Gasteiger partial charge on any atom is -0.379 e. The summed E-state index contributed by atoms with van der Waals surface area (Å²) in [6.45, 7) is 4.69. The number of guanidine groups is 1. The van der Waals surface area contributed by atoms with E-state index in [1.165, 1.54) is 11.1 Å². The molecule has 1 aliphatic rings. The first-order valence-electron chi connectivity index (χ1n) is 8.47. The second kappa shape index (κ2) is 10.1. The molecular weight excluding hydrogens is 360 g/mol. The zero-order chi connectivity index (χ0) is 18.1. The number of hydrogen-bond donors (Lipinski definition) is 2. The van der Waals surface area contributed by atoms with E-state index in [0.29, 0.717) is 18.9 Å². The third-order valence-corrected chi connectivity index (χ3v) is 6.03. The van der Waals surface area contributed by atoms with Gasteiger partial charge in [0.25, 0.3) is 0 Å². The Bertz CT molecular complexity index is 626. The van der Waals surface area contributed by atoms with Crippen LogP contribution in [0.4, 0.5) is 0 Å². The Balaban J connectivity index is 1.85. The van der Waals surface area contributed by atoms with Crippen LogP contribution in [0.15, 0.2) is 22.5 Å². The maximum atomic E-state index is 11.2. The van der Waals surface area contributed by atoms with Crippen LogP contribution < -0.4 is 10.6 Å². The number of hydrogen-bond acceptors (Lipinski definition) is 6. The van der Waals surface area contributed by atoms with Crippen molar-refractivity contribution in [1.82, 2.24) is 15.5 Å². The van der Waals surface area contributed by atoms with Crippen LogP contribution in [0.2, 0.25) is 0 Å². The maximum absolute atomic E-state index is 11.2. The summed E-state index contributed by atoms with van der Waals surface area (Å²) in [6, 6.07) is 4.51. The van der Waals surface area contributed by atoms with E-state index in [1.807, 2.05) is 0 Å². The number of aliphatic imine (C=N–C) groups is 1. The Morgan fingerprint density at radius 2 is 2.16 bits per heavy atom. The van der Waals surface area contributed by atoms with Gasteiger partial charge in [-0.25, -0.2) is 8.42 Å². The molecule has 1 aromatic rings. The molecule has 142 valence electrons. The number of morpholine rings is 1. The van der Waals surface area contributed by atoms with Gasteiger partial charge in [0.05, 0.1) is 25.0 Å². The summed E-state index contributed by atoms with van der Waals surface area (Å²) < 4.78 is 27.8. The number of nitrogens with zero attached hydrogens (tertiary/aromatic N) is 2. The van der Waals surface area contributed by atoms with Gasteiger partial charge in [-0.05, 0) is 17.9 Å². The second-order valence-corrected chi connectivity index (χ2v) is 9.28. The summed E-state index contributed by atoms with van der Waals surface area (Å²) in [6.07, 6.45) is 1.82. The molecule has 25 heavy (non-hydrogen) atoms. The lowest BCUT2D eigenvalue weighted by atomic mass is 10.2. The third-order valence-electron chi connectivity index (χ3n) is 4.03. The molecule has 1 atom stereocenters. The summed E-state index contributed by atoms with van der Waals surface area (Å²) in [5.74, 6) is 0.881. The standard InChI is InChI=1S/C16H28N4O3S2/c1-17-16(18-6-4-12-25(2,21)22)19-13-14(15-5-3-11-24-15)20-7-9-23-10-8-20/h3,5,11,14H,4,6-10,12-13H2,1-2H3,(H2,17,18,19). The number of thiophene rings is 1. The smallest absolute Gasteiger partial charge is 0.191 e. The fourth-order valence-corrected chi connectivity index (χ4v) is 4.26. The number of nitrogens with one attached hydrogen (secondary N) is 2. The van der Waals surface area contributed by atoms with Gasteiger partial charge >= 0.3 is 0 Å². The van der Waals surface area contributed by atoms with Crippen LogP contribution in [-0.4, -0.2) is 77.7 Å². The van der Waals surface area contributed by atoms with E-state index < -0.39 is 9.84 Å². The van der Waals surface area contributed by atoms with E-state index >= 15 is 0 Å². The van der Waals surface area contributed by atoms with Crippen LogP contribution in [0.25, 0.3) is 0 Å². The van der Waals surface area contributed by atoms with E-state index in [4.69, 9.17) is 4.74 Å². The summed E-state index contributed by atoms with van der Waals surface area (Å²) in [4.78, 5) is 7.98. The van der Waals surface area contributed by atoms with Crippen molar-refractivity contribution in [2.45, 2.75) is 12.5 Å². The summed E-state index contributed by atoms with van der Waals surface area (Å²) in [5, 5.41) is 8.64. The van der Waals surface area contributed by atoms with Crippen LogP contribution in [0.3, 0.4) is 0 Å². The topological polar surface area (TPSA) is 83.0 Å². The maximum Gasteiger partial charge on any atom is 0.191 e. The largest absolute Gasteiger partial charge is 0.379 e. The molecule has 2 N–H and O–H groups in total. The van der Waals surface area contributed by atoms with E-state index in [0.717, 1.165) is 32.8 Å². The van der Waals surface area contributed by atoms with Crippen molar-refractivity contribution in [2.75, 3.05) is 58.4 Å². The first-order chi connectivity index (χ1) is 12.0. The Morgan fingerprint density at radius 3 is 2.76 bits per heavy atom. The van der Waals surface area contributed by atoms with Gasteiger partial charge in [0.15, 0.2) is 5.96 Å². The van der Waals surface area contributed by atoms with Gasteiger partial charge in [0, 0.05) is 44.4 Å². The van der Waals surface area contributed by atoms with E-state index in [2.05, 4.69) is 38.0 Å².